The number of carbonyl (C=O) groups excluding carboxylic acids is 1. The van der Waals surface area contributed by atoms with Gasteiger partial charge in [0.05, 0.1) is 19.8 Å². The van der Waals surface area contributed by atoms with E-state index in [2.05, 4.69) is 6.92 Å². The van der Waals surface area contributed by atoms with Gasteiger partial charge in [-0.3, -0.25) is 0 Å². The fraction of sp³-hybridized carbons (Fsp3) is 0.889. The molecule has 13 heavy (non-hydrogen) atoms. The van der Waals surface area contributed by atoms with Gasteiger partial charge < -0.3 is 14.4 Å². The lowest BCUT2D eigenvalue weighted by Gasteiger charge is -2.22. The zero-order valence-electron chi connectivity index (χ0n) is 8.45. The van der Waals surface area contributed by atoms with E-state index >= 15 is 0 Å². The van der Waals surface area contributed by atoms with E-state index in [1.54, 1.807) is 12.0 Å². The van der Waals surface area contributed by atoms with E-state index in [0.29, 0.717) is 12.5 Å². The van der Waals surface area contributed by atoms with Gasteiger partial charge in [0.1, 0.15) is 0 Å². The average molecular weight is 187 g/mol. The van der Waals surface area contributed by atoms with E-state index in [9.17, 15) is 4.79 Å². The standard InChI is InChI=1S/C9H17NO3/c1-7-4-8(6-12-2)10(5-7)9(11)13-3/h7-8H,4-6H2,1-3H3. The number of methoxy groups -OCH3 is 2. The third-order valence-electron chi connectivity index (χ3n) is 2.39. The fourth-order valence-corrected chi connectivity index (χ4v) is 1.84. The Morgan fingerprint density at radius 1 is 1.54 bits per heavy atom. The molecule has 0 spiro atoms. The number of amides is 1. The summed E-state index contributed by atoms with van der Waals surface area (Å²) in [4.78, 5) is 13.0. The Labute approximate surface area is 78.8 Å². The van der Waals surface area contributed by atoms with Crippen LogP contribution in [0.25, 0.3) is 0 Å². The number of nitrogens with zero attached hydrogens (tertiary/aromatic N) is 1. The molecule has 2 unspecified atom stereocenters. The summed E-state index contributed by atoms with van der Waals surface area (Å²) >= 11 is 0. The van der Waals surface area contributed by atoms with Crippen LogP contribution in [0.2, 0.25) is 0 Å². The Balaban J connectivity index is 2.55. The van der Waals surface area contributed by atoms with E-state index < -0.39 is 0 Å². The molecule has 1 amide bonds. The van der Waals surface area contributed by atoms with Gasteiger partial charge in [0.15, 0.2) is 0 Å². The Kier molecular flexibility index (Phi) is 3.54. The van der Waals surface area contributed by atoms with Crippen molar-refractivity contribution in [1.82, 2.24) is 4.90 Å². The summed E-state index contributed by atoms with van der Waals surface area (Å²) in [5.41, 5.74) is 0. The van der Waals surface area contributed by atoms with Gasteiger partial charge in [0, 0.05) is 13.7 Å². The van der Waals surface area contributed by atoms with Crippen molar-refractivity contribution in [3.63, 3.8) is 0 Å². The summed E-state index contributed by atoms with van der Waals surface area (Å²) < 4.78 is 9.74. The van der Waals surface area contributed by atoms with Crippen LogP contribution in [-0.4, -0.2) is 44.4 Å². The molecular formula is C9H17NO3. The molecule has 0 aliphatic carbocycles. The van der Waals surface area contributed by atoms with E-state index in [1.807, 2.05) is 0 Å². The van der Waals surface area contributed by atoms with Gasteiger partial charge in [-0.15, -0.1) is 0 Å². The highest BCUT2D eigenvalue weighted by Crippen LogP contribution is 2.23. The van der Waals surface area contributed by atoms with Crippen LogP contribution in [0, 0.1) is 5.92 Å². The third kappa shape index (κ3) is 2.34. The summed E-state index contributed by atoms with van der Waals surface area (Å²) in [6, 6.07) is 0.187. The molecule has 0 saturated carbocycles. The SMILES string of the molecule is COCC1CC(C)CN1C(=O)OC. The van der Waals surface area contributed by atoms with Crippen molar-refractivity contribution >= 4 is 6.09 Å². The highest BCUT2D eigenvalue weighted by atomic mass is 16.5. The zero-order chi connectivity index (χ0) is 9.84. The molecule has 1 aliphatic rings. The maximum absolute atomic E-state index is 11.3. The van der Waals surface area contributed by atoms with Crippen molar-refractivity contribution in [2.45, 2.75) is 19.4 Å². The van der Waals surface area contributed by atoms with Crippen LogP contribution in [0.4, 0.5) is 4.79 Å². The van der Waals surface area contributed by atoms with E-state index in [1.165, 1.54) is 7.11 Å². The molecule has 0 aromatic rings. The molecule has 1 saturated heterocycles. The Hall–Kier alpha value is -0.770. The fourth-order valence-electron chi connectivity index (χ4n) is 1.84. The normalized spacial score (nSPS) is 27.8. The molecule has 1 heterocycles. The summed E-state index contributed by atoms with van der Waals surface area (Å²) in [7, 11) is 3.06. The van der Waals surface area contributed by atoms with Crippen LogP contribution in [0.15, 0.2) is 0 Å². The molecule has 4 heteroatoms. The number of carbonyl (C=O) groups is 1. The number of hydrogen-bond donors (Lipinski definition) is 0. The topological polar surface area (TPSA) is 38.8 Å². The molecule has 2 atom stereocenters. The predicted molar refractivity (Wildman–Crippen MR) is 48.6 cm³/mol. The Morgan fingerprint density at radius 3 is 2.77 bits per heavy atom. The number of rotatable bonds is 2. The minimum atomic E-state index is -0.244. The van der Waals surface area contributed by atoms with Gasteiger partial charge in [-0.2, -0.15) is 0 Å². The van der Waals surface area contributed by atoms with Crippen LogP contribution in [-0.2, 0) is 9.47 Å². The molecule has 4 nitrogen and oxygen atoms in total. The van der Waals surface area contributed by atoms with Gasteiger partial charge in [0.2, 0.25) is 0 Å². The second-order valence-electron chi connectivity index (χ2n) is 3.57. The second kappa shape index (κ2) is 4.46. The summed E-state index contributed by atoms with van der Waals surface area (Å²) in [5.74, 6) is 0.541. The lowest BCUT2D eigenvalue weighted by Crippen LogP contribution is -2.38. The lowest BCUT2D eigenvalue weighted by molar-refractivity contribution is 0.0871. The molecule has 1 fully saturated rings. The first-order valence-electron chi connectivity index (χ1n) is 4.52. The Bertz CT molecular complexity index is 184. The van der Waals surface area contributed by atoms with Crippen molar-refractivity contribution in [2.24, 2.45) is 5.92 Å². The molecule has 0 bridgehead atoms. The van der Waals surface area contributed by atoms with Crippen LogP contribution >= 0.6 is 0 Å². The maximum Gasteiger partial charge on any atom is 0.409 e. The van der Waals surface area contributed by atoms with Gasteiger partial charge in [-0.05, 0) is 12.3 Å². The molecule has 0 aromatic heterocycles. The molecule has 1 rings (SSSR count). The average Bonchev–Trinajstić information content (AvgIpc) is 2.46. The highest BCUT2D eigenvalue weighted by Gasteiger charge is 2.33. The van der Waals surface area contributed by atoms with Crippen molar-refractivity contribution in [3.05, 3.63) is 0 Å². The van der Waals surface area contributed by atoms with Crippen molar-refractivity contribution < 1.29 is 14.3 Å². The second-order valence-corrected chi connectivity index (χ2v) is 3.57. The monoisotopic (exact) mass is 187 g/mol. The minimum Gasteiger partial charge on any atom is -0.453 e. The highest BCUT2D eigenvalue weighted by molar-refractivity contribution is 5.68. The zero-order valence-corrected chi connectivity index (χ0v) is 8.45. The first-order chi connectivity index (χ1) is 6.19. The minimum absolute atomic E-state index is 0.187. The quantitative estimate of drug-likeness (QED) is 0.650. The molecule has 1 aliphatic heterocycles. The van der Waals surface area contributed by atoms with Crippen molar-refractivity contribution in [3.8, 4) is 0 Å². The van der Waals surface area contributed by atoms with E-state index in [-0.39, 0.29) is 12.1 Å². The van der Waals surface area contributed by atoms with Gasteiger partial charge >= 0.3 is 6.09 Å². The molecule has 0 radical (unpaired) electrons. The molecular weight excluding hydrogens is 170 g/mol. The Morgan fingerprint density at radius 2 is 2.23 bits per heavy atom. The first kappa shape index (κ1) is 10.3. The molecule has 0 N–H and O–H groups in total. The third-order valence-corrected chi connectivity index (χ3v) is 2.39. The van der Waals surface area contributed by atoms with E-state index in [0.717, 1.165) is 13.0 Å². The predicted octanol–water partition coefficient (Wildman–Crippen LogP) is 1.11. The summed E-state index contributed by atoms with van der Waals surface area (Å²) in [6.45, 7) is 3.51. The smallest absolute Gasteiger partial charge is 0.409 e. The lowest BCUT2D eigenvalue weighted by atomic mass is 10.1. The molecule has 0 aromatic carbocycles. The number of hydrogen-bond acceptors (Lipinski definition) is 3. The first-order valence-corrected chi connectivity index (χ1v) is 4.52. The van der Waals surface area contributed by atoms with Crippen LogP contribution < -0.4 is 0 Å². The van der Waals surface area contributed by atoms with E-state index in [4.69, 9.17) is 9.47 Å². The summed E-state index contributed by atoms with van der Waals surface area (Å²) in [6.07, 6.45) is 0.759. The summed E-state index contributed by atoms with van der Waals surface area (Å²) in [5, 5.41) is 0. The van der Waals surface area contributed by atoms with Crippen LogP contribution in [0.5, 0.6) is 0 Å². The van der Waals surface area contributed by atoms with Crippen molar-refractivity contribution in [1.29, 1.82) is 0 Å². The van der Waals surface area contributed by atoms with Gasteiger partial charge in [0.25, 0.3) is 0 Å². The number of ether oxygens (including phenoxy) is 2. The molecule has 76 valence electrons. The maximum atomic E-state index is 11.3. The van der Waals surface area contributed by atoms with Gasteiger partial charge in [-0.1, -0.05) is 6.92 Å². The van der Waals surface area contributed by atoms with Crippen molar-refractivity contribution in [2.75, 3.05) is 27.4 Å². The van der Waals surface area contributed by atoms with Gasteiger partial charge in [-0.25, -0.2) is 4.79 Å². The largest absolute Gasteiger partial charge is 0.453 e. The van der Waals surface area contributed by atoms with Crippen LogP contribution in [0.3, 0.4) is 0 Å². The number of likely N-dealkylation sites (tertiary alicyclic amines) is 1. The van der Waals surface area contributed by atoms with Crippen LogP contribution in [0.1, 0.15) is 13.3 Å².